The molecule has 2 aromatic carbocycles. The largest absolute Gasteiger partial charge is 0.497 e. The summed E-state index contributed by atoms with van der Waals surface area (Å²) in [5.74, 6) is 1.34. The van der Waals surface area contributed by atoms with Gasteiger partial charge in [-0.15, -0.1) is 0 Å². The molecule has 0 amide bonds. The van der Waals surface area contributed by atoms with E-state index >= 15 is 0 Å². The molecule has 3 aromatic rings. The summed E-state index contributed by atoms with van der Waals surface area (Å²) in [7, 11) is 1.60. The van der Waals surface area contributed by atoms with Crippen molar-refractivity contribution in [2.24, 2.45) is 4.99 Å². The predicted molar refractivity (Wildman–Crippen MR) is 150 cm³/mol. The van der Waals surface area contributed by atoms with Gasteiger partial charge in [-0.25, -0.2) is 9.79 Å². The number of allylic oxidation sites excluding steroid dienone is 1. The molecule has 8 heteroatoms. The number of ether oxygens (including phenoxy) is 3. The van der Waals surface area contributed by atoms with Crippen molar-refractivity contribution >= 4 is 23.4 Å². The van der Waals surface area contributed by atoms with Crippen molar-refractivity contribution < 1.29 is 19.0 Å². The lowest BCUT2D eigenvalue weighted by Crippen LogP contribution is -2.39. The summed E-state index contributed by atoms with van der Waals surface area (Å²) in [6.07, 6.45) is 1.91. The molecule has 0 bridgehead atoms. The van der Waals surface area contributed by atoms with Crippen LogP contribution in [0.15, 0.2) is 57.5 Å². The molecule has 4 rings (SSSR count). The van der Waals surface area contributed by atoms with Crippen LogP contribution in [0.1, 0.15) is 68.8 Å². The van der Waals surface area contributed by atoms with Crippen molar-refractivity contribution in [3.8, 4) is 11.5 Å². The van der Waals surface area contributed by atoms with Crippen LogP contribution in [0.25, 0.3) is 6.08 Å². The van der Waals surface area contributed by atoms with Gasteiger partial charge >= 0.3 is 5.97 Å². The Hall–Kier alpha value is -3.65. The van der Waals surface area contributed by atoms with Crippen molar-refractivity contribution in [1.29, 1.82) is 0 Å². The molecular formula is C30H34N2O5S. The first-order chi connectivity index (χ1) is 18.2. The van der Waals surface area contributed by atoms with Crippen LogP contribution in [-0.4, -0.2) is 30.9 Å². The molecule has 2 heterocycles. The summed E-state index contributed by atoms with van der Waals surface area (Å²) in [4.78, 5) is 32.2. The number of aromatic nitrogens is 1. The second kappa shape index (κ2) is 11.4. The number of carbonyl (C=O) groups is 1. The van der Waals surface area contributed by atoms with E-state index in [1.165, 1.54) is 11.3 Å². The van der Waals surface area contributed by atoms with E-state index < -0.39 is 12.0 Å². The molecule has 0 aliphatic carbocycles. The minimum atomic E-state index is -0.661. The Morgan fingerprint density at radius 2 is 1.84 bits per heavy atom. The van der Waals surface area contributed by atoms with Gasteiger partial charge in [0.05, 0.1) is 42.2 Å². The molecular weight excluding hydrogens is 500 g/mol. The third-order valence-corrected chi connectivity index (χ3v) is 7.54. The van der Waals surface area contributed by atoms with Gasteiger partial charge in [-0.05, 0) is 86.2 Å². The van der Waals surface area contributed by atoms with Crippen molar-refractivity contribution in [3.05, 3.63) is 89.6 Å². The molecule has 1 aromatic heterocycles. The second-order valence-corrected chi connectivity index (χ2v) is 10.4. The number of methoxy groups -OCH3 is 1. The molecule has 0 saturated carbocycles. The molecule has 1 aliphatic rings. The number of aryl methyl sites for hydroxylation is 1. The zero-order chi connectivity index (χ0) is 27.6. The first-order valence-electron chi connectivity index (χ1n) is 12.8. The van der Waals surface area contributed by atoms with E-state index in [0.717, 1.165) is 28.0 Å². The highest BCUT2D eigenvalue weighted by molar-refractivity contribution is 7.07. The van der Waals surface area contributed by atoms with Crippen LogP contribution in [-0.2, 0) is 9.53 Å². The van der Waals surface area contributed by atoms with Gasteiger partial charge in [-0.2, -0.15) is 0 Å². The second-order valence-electron chi connectivity index (χ2n) is 9.41. The number of hydrogen-bond acceptors (Lipinski definition) is 7. The molecule has 0 unspecified atom stereocenters. The van der Waals surface area contributed by atoms with Crippen LogP contribution in [0.2, 0.25) is 0 Å². The summed E-state index contributed by atoms with van der Waals surface area (Å²) in [6, 6.07) is 10.8. The van der Waals surface area contributed by atoms with Crippen LogP contribution in [0.5, 0.6) is 11.5 Å². The Morgan fingerprint density at radius 3 is 2.45 bits per heavy atom. The summed E-state index contributed by atoms with van der Waals surface area (Å²) in [6.45, 7) is 12.6. The summed E-state index contributed by atoms with van der Waals surface area (Å²) >= 11 is 1.32. The molecule has 0 radical (unpaired) electrons. The molecule has 38 heavy (non-hydrogen) atoms. The highest BCUT2D eigenvalue weighted by Gasteiger charge is 2.33. The van der Waals surface area contributed by atoms with Crippen molar-refractivity contribution in [3.63, 3.8) is 0 Å². The SMILES string of the molecule is CCOC(=O)C1=C(C)N=c2s/c(=C\c3cc(C(C)C)c(OCC)cc3C)c(=O)n2[C@H]1c1ccc(OC)cc1. The van der Waals surface area contributed by atoms with Gasteiger partial charge in [0.2, 0.25) is 0 Å². The fourth-order valence-electron chi connectivity index (χ4n) is 4.64. The Labute approximate surface area is 226 Å². The maximum atomic E-state index is 13.9. The van der Waals surface area contributed by atoms with Gasteiger partial charge in [0.25, 0.3) is 5.56 Å². The van der Waals surface area contributed by atoms with Gasteiger partial charge in [0.15, 0.2) is 4.80 Å². The van der Waals surface area contributed by atoms with Gasteiger partial charge < -0.3 is 14.2 Å². The van der Waals surface area contributed by atoms with Crippen molar-refractivity contribution in [1.82, 2.24) is 4.57 Å². The molecule has 0 saturated heterocycles. The smallest absolute Gasteiger partial charge is 0.338 e. The molecule has 200 valence electrons. The predicted octanol–water partition coefficient (Wildman–Crippen LogP) is 4.64. The first kappa shape index (κ1) is 27.4. The van der Waals surface area contributed by atoms with E-state index in [1.807, 2.05) is 50.3 Å². The average Bonchev–Trinajstić information content (AvgIpc) is 3.19. The molecule has 0 N–H and O–H groups in total. The Morgan fingerprint density at radius 1 is 1.13 bits per heavy atom. The molecule has 0 fully saturated rings. The number of rotatable bonds is 8. The van der Waals surface area contributed by atoms with E-state index in [-0.39, 0.29) is 18.1 Å². The average molecular weight is 535 g/mol. The van der Waals surface area contributed by atoms with Gasteiger partial charge in [-0.1, -0.05) is 37.3 Å². The Kier molecular flexibility index (Phi) is 8.21. The number of thiazole rings is 1. The van der Waals surface area contributed by atoms with Gasteiger partial charge in [0.1, 0.15) is 11.5 Å². The molecule has 7 nitrogen and oxygen atoms in total. The topological polar surface area (TPSA) is 79.1 Å². The maximum absolute atomic E-state index is 13.9. The first-order valence-corrected chi connectivity index (χ1v) is 13.6. The molecule has 1 aliphatic heterocycles. The van der Waals surface area contributed by atoms with E-state index in [2.05, 4.69) is 24.9 Å². The highest BCUT2D eigenvalue weighted by Crippen LogP contribution is 2.32. The lowest BCUT2D eigenvalue weighted by Gasteiger charge is -2.24. The number of benzene rings is 2. The lowest BCUT2D eigenvalue weighted by atomic mass is 9.95. The van der Waals surface area contributed by atoms with Crippen molar-refractivity contribution in [2.75, 3.05) is 20.3 Å². The van der Waals surface area contributed by atoms with Gasteiger partial charge in [0, 0.05) is 0 Å². The number of carbonyl (C=O) groups excluding carboxylic acids is 1. The van der Waals surface area contributed by atoms with Crippen molar-refractivity contribution in [2.45, 2.75) is 53.5 Å². The van der Waals surface area contributed by atoms with E-state index in [4.69, 9.17) is 14.2 Å². The zero-order valence-electron chi connectivity index (χ0n) is 23.0. The van der Waals surface area contributed by atoms with Crippen LogP contribution < -0.4 is 24.4 Å². The van der Waals surface area contributed by atoms with E-state index in [9.17, 15) is 9.59 Å². The quantitative estimate of drug-likeness (QED) is 0.394. The number of hydrogen-bond donors (Lipinski definition) is 0. The molecule has 1 atom stereocenters. The minimum Gasteiger partial charge on any atom is -0.497 e. The van der Waals surface area contributed by atoms with E-state index in [1.54, 1.807) is 25.5 Å². The van der Waals surface area contributed by atoms with Gasteiger partial charge in [-0.3, -0.25) is 9.36 Å². The summed E-state index contributed by atoms with van der Waals surface area (Å²) < 4.78 is 18.7. The van der Waals surface area contributed by atoms with Crippen LogP contribution in [0.4, 0.5) is 0 Å². The fraction of sp³-hybridized carbons (Fsp3) is 0.367. The number of nitrogens with zero attached hydrogens (tertiary/aromatic N) is 2. The van der Waals surface area contributed by atoms with E-state index in [0.29, 0.717) is 33.0 Å². The van der Waals surface area contributed by atoms with Crippen LogP contribution in [0, 0.1) is 6.92 Å². The maximum Gasteiger partial charge on any atom is 0.338 e. The monoisotopic (exact) mass is 534 g/mol. The Balaban J connectivity index is 1.93. The third kappa shape index (κ3) is 5.18. The molecule has 0 spiro atoms. The lowest BCUT2D eigenvalue weighted by molar-refractivity contribution is -0.139. The third-order valence-electron chi connectivity index (χ3n) is 6.56. The highest BCUT2D eigenvalue weighted by atomic mass is 32.1. The van der Waals surface area contributed by atoms with Crippen LogP contribution >= 0.6 is 11.3 Å². The normalized spacial score (nSPS) is 15.4. The number of fused-ring (bicyclic) bond motifs is 1. The Bertz CT molecular complexity index is 1560. The summed E-state index contributed by atoms with van der Waals surface area (Å²) in [5, 5.41) is 0. The standard InChI is InChI=1S/C30H34N2O5S/c1-8-36-24-14-18(5)21(15-23(24)17(3)4)16-25-28(33)32-27(20-10-12-22(35-7)13-11-20)26(29(34)37-9-2)19(6)31-30(32)38-25/h10-17,27H,8-9H2,1-7H3/b25-16-/t27-/m0/s1. The summed E-state index contributed by atoms with van der Waals surface area (Å²) in [5.41, 5.74) is 4.52. The van der Waals surface area contributed by atoms with Crippen LogP contribution in [0.3, 0.4) is 0 Å². The zero-order valence-corrected chi connectivity index (χ0v) is 23.8. The number of esters is 1. The fourth-order valence-corrected chi connectivity index (χ4v) is 5.67. The minimum absolute atomic E-state index is 0.205.